The van der Waals surface area contributed by atoms with Gasteiger partial charge in [0.2, 0.25) is 0 Å². The van der Waals surface area contributed by atoms with Crippen molar-refractivity contribution < 1.29 is 13.2 Å². The Labute approximate surface area is 125 Å². The van der Waals surface area contributed by atoms with Gasteiger partial charge in [0.1, 0.15) is 0 Å². The van der Waals surface area contributed by atoms with Gasteiger partial charge in [-0.3, -0.25) is 4.79 Å². The van der Waals surface area contributed by atoms with Crippen molar-refractivity contribution in [2.75, 3.05) is 27.7 Å². The van der Waals surface area contributed by atoms with Crippen LogP contribution in [0.4, 0.5) is 0 Å². The first-order chi connectivity index (χ1) is 9.57. The van der Waals surface area contributed by atoms with Crippen molar-refractivity contribution in [1.29, 1.82) is 0 Å². The van der Waals surface area contributed by atoms with E-state index in [0.717, 1.165) is 0 Å². The summed E-state index contributed by atoms with van der Waals surface area (Å²) in [5.74, 6) is -0.289. The van der Waals surface area contributed by atoms with E-state index in [-0.39, 0.29) is 10.9 Å². The largest absolute Gasteiger partial charge is 0.346 e. The third-order valence-electron chi connectivity index (χ3n) is 2.71. The normalized spacial score (nSPS) is 12.5. The molecule has 1 amide bonds. The van der Waals surface area contributed by atoms with Crippen molar-refractivity contribution in [3.05, 3.63) is 23.9 Å². The predicted octanol–water partition coefficient (Wildman–Crippen LogP) is 0.0597. The smallest absolute Gasteiger partial charge is 0.257 e. The number of amides is 1. The standard InChI is InChI=1S/C13H22N4O3S/c1-13(2,9-17(4)5)16-12(18)10-6-7-11(15-8-10)21(19,20)14-3/h6-8,14H,9H2,1-5H3,(H,16,18). The molecule has 0 aromatic carbocycles. The number of carbonyl (C=O) groups is 1. The van der Waals surface area contributed by atoms with Gasteiger partial charge in [-0.1, -0.05) is 0 Å². The van der Waals surface area contributed by atoms with Crippen LogP contribution in [0, 0.1) is 0 Å². The number of hydrogen-bond donors (Lipinski definition) is 2. The minimum absolute atomic E-state index is 0.117. The fraction of sp³-hybridized carbons (Fsp3) is 0.538. The first-order valence-electron chi connectivity index (χ1n) is 6.44. The van der Waals surface area contributed by atoms with Crippen molar-refractivity contribution in [2.24, 2.45) is 0 Å². The maximum Gasteiger partial charge on any atom is 0.257 e. The number of carbonyl (C=O) groups excluding carboxylic acids is 1. The Morgan fingerprint density at radius 3 is 2.38 bits per heavy atom. The van der Waals surface area contributed by atoms with Crippen molar-refractivity contribution >= 4 is 15.9 Å². The van der Waals surface area contributed by atoms with Crippen molar-refractivity contribution in [3.63, 3.8) is 0 Å². The van der Waals surface area contributed by atoms with Crippen LogP contribution in [-0.4, -0.2) is 57.4 Å². The van der Waals surface area contributed by atoms with E-state index in [4.69, 9.17) is 0 Å². The Kier molecular flexibility index (Phi) is 5.43. The number of aromatic nitrogens is 1. The average molecular weight is 314 g/mol. The Morgan fingerprint density at radius 1 is 1.33 bits per heavy atom. The molecular weight excluding hydrogens is 292 g/mol. The summed E-state index contributed by atoms with van der Waals surface area (Å²) in [6, 6.07) is 2.75. The molecule has 0 bridgehead atoms. The summed E-state index contributed by atoms with van der Waals surface area (Å²) in [6.45, 7) is 4.51. The molecule has 1 aromatic rings. The Hall–Kier alpha value is -1.51. The quantitative estimate of drug-likeness (QED) is 0.775. The lowest BCUT2D eigenvalue weighted by molar-refractivity contribution is 0.0899. The van der Waals surface area contributed by atoms with E-state index in [1.807, 2.05) is 32.8 Å². The fourth-order valence-electron chi connectivity index (χ4n) is 1.99. The third kappa shape index (κ3) is 5.07. The number of nitrogens with one attached hydrogen (secondary N) is 2. The summed E-state index contributed by atoms with van der Waals surface area (Å²) in [5, 5.41) is 2.77. The van der Waals surface area contributed by atoms with Gasteiger partial charge in [-0.05, 0) is 47.1 Å². The molecule has 0 aliphatic rings. The van der Waals surface area contributed by atoms with Gasteiger partial charge < -0.3 is 10.2 Å². The minimum Gasteiger partial charge on any atom is -0.346 e. The number of rotatable bonds is 6. The molecule has 118 valence electrons. The van der Waals surface area contributed by atoms with E-state index in [9.17, 15) is 13.2 Å². The van der Waals surface area contributed by atoms with Crippen molar-refractivity contribution in [2.45, 2.75) is 24.4 Å². The maximum atomic E-state index is 12.1. The molecule has 1 aromatic heterocycles. The molecule has 0 aliphatic heterocycles. The van der Waals surface area contributed by atoms with Gasteiger partial charge in [0, 0.05) is 18.3 Å². The zero-order valence-electron chi connectivity index (χ0n) is 13.0. The monoisotopic (exact) mass is 314 g/mol. The highest BCUT2D eigenvalue weighted by atomic mass is 32.2. The molecule has 1 heterocycles. The van der Waals surface area contributed by atoms with Crippen LogP contribution in [0.3, 0.4) is 0 Å². The van der Waals surface area contributed by atoms with Crippen LogP contribution in [0.2, 0.25) is 0 Å². The zero-order valence-corrected chi connectivity index (χ0v) is 13.8. The third-order valence-corrected chi connectivity index (χ3v) is 4.04. The average Bonchev–Trinajstić information content (AvgIpc) is 2.36. The van der Waals surface area contributed by atoms with Gasteiger partial charge in [-0.2, -0.15) is 0 Å². The summed E-state index contributed by atoms with van der Waals surface area (Å²) in [4.78, 5) is 17.9. The van der Waals surface area contributed by atoms with Crippen molar-refractivity contribution in [3.8, 4) is 0 Å². The van der Waals surface area contributed by atoms with Gasteiger partial charge in [-0.15, -0.1) is 0 Å². The SMILES string of the molecule is CNS(=O)(=O)c1ccc(C(=O)NC(C)(C)CN(C)C)cn1. The van der Waals surface area contributed by atoms with Gasteiger partial charge >= 0.3 is 0 Å². The topological polar surface area (TPSA) is 91.4 Å². The lowest BCUT2D eigenvalue weighted by Gasteiger charge is -2.29. The molecule has 0 spiro atoms. The first-order valence-corrected chi connectivity index (χ1v) is 7.92. The van der Waals surface area contributed by atoms with Crippen LogP contribution < -0.4 is 10.0 Å². The minimum atomic E-state index is -3.59. The van der Waals surface area contributed by atoms with Crippen LogP contribution in [0.15, 0.2) is 23.4 Å². The molecule has 0 unspecified atom stereocenters. The van der Waals surface area contributed by atoms with Crippen LogP contribution in [-0.2, 0) is 10.0 Å². The molecular formula is C13H22N4O3S. The molecule has 0 saturated carbocycles. The molecule has 7 nitrogen and oxygen atoms in total. The fourth-order valence-corrected chi connectivity index (χ4v) is 2.64. The van der Waals surface area contributed by atoms with E-state index < -0.39 is 15.6 Å². The molecule has 0 atom stereocenters. The van der Waals surface area contributed by atoms with E-state index >= 15 is 0 Å². The summed E-state index contributed by atoms with van der Waals surface area (Å²) in [7, 11) is 1.56. The number of likely N-dealkylation sites (N-methyl/N-ethyl adjacent to an activating group) is 1. The number of hydrogen-bond acceptors (Lipinski definition) is 5. The van der Waals surface area contributed by atoms with E-state index in [0.29, 0.717) is 12.1 Å². The molecule has 21 heavy (non-hydrogen) atoms. The van der Waals surface area contributed by atoms with Gasteiger partial charge in [0.25, 0.3) is 15.9 Å². The highest BCUT2D eigenvalue weighted by Crippen LogP contribution is 2.09. The van der Waals surface area contributed by atoms with Gasteiger partial charge in [-0.25, -0.2) is 18.1 Å². The van der Waals surface area contributed by atoms with E-state index in [1.54, 1.807) is 0 Å². The molecule has 8 heteroatoms. The second-order valence-electron chi connectivity index (χ2n) is 5.67. The molecule has 0 radical (unpaired) electrons. The number of pyridine rings is 1. The van der Waals surface area contributed by atoms with Crippen LogP contribution in [0.5, 0.6) is 0 Å². The van der Waals surface area contributed by atoms with Gasteiger partial charge in [0.05, 0.1) is 5.56 Å². The lowest BCUT2D eigenvalue weighted by Crippen LogP contribution is -2.50. The molecule has 1 rings (SSSR count). The van der Waals surface area contributed by atoms with Crippen LogP contribution in [0.25, 0.3) is 0 Å². The molecule has 2 N–H and O–H groups in total. The summed E-state index contributed by atoms with van der Waals surface area (Å²) < 4.78 is 25.3. The summed E-state index contributed by atoms with van der Waals surface area (Å²) >= 11 is 0. The Morgan fingerprint density at radius 2 is 1.95 bits per heavy atom. The number of sulfonamides is 1. The van der Waals surface area contributed by atoms with Crippen molar-refractivity contribution in [1.82, 2.24) is 19.9 Å². The maximum absolute atomic E-state index is 12.1. The van der Waals surface area contributed by atoms with E-state index in [2.05, 4.69) is 15.0 Å². The number of nitrogens with zero attached hydrogens (tertiary/aromatic N) is 2. The zero-order chi connectivity index (χ0) is 16.3. The lowest BCUT2D eigenvalue weighted by atomic mass is 10.0. The first kappa shape index (κ1) is 17.5. The molecule has 0 saturated heterocycles. The predicted molar refractivity (Wildman–Crippen MR) is 80.6 cm³/mol. The van der Waals surface area contributed by atoms with Gasteiger partial charge in [0.15, 0.2) is 5.03 Å². The summed E-state index contributed by atoms with van der Waals surface area (Å²) in [5.41, 5.74) is -0.0899. The Balaban J connectivity index is 2.86. The van der Waals surface area contributed by atoms with Crippen LogP contribution >= 0.6 is 0 Å². The second-order valence-corrected chi connectivity index (χ2v) is 7.50. The highest BCUT2D eigenvalue weighted by Gasteiger charge is 2.22. The van der Waals surface area contributed by atoms with Crippen LogP contribution in [0.1, 0.15) is 24.2 Å². The van der Waals surface area contributed by atoms with E-state index in [1.165, 1.54) is 25.4 Å². The highest BCUT2D eigenvalue weighted by molar-refractivity contribution is 7.89. The second kappa shape index (κ2) is 6.50. The molecule has 0 fully saturated rings. The Bertz CT molecular complexity index is 594. The molecule has 0 aliphatic carbocycles. The summed E-state index contributed by atoms with van der Waals surface area (Å²) in [6.07, 6.45) is 1.26.